The third-order valence-corrected chi connectivity index (χ3v) is 10.3. The zero-order chi connectivity index (χ0) is 33.1. The van der Waals surface area contributed by atoms with Gasteiger partial charge in [-0.25, -0.2) is 4.79 Å². The molecule has 0 fully saturated rings. The van der Waals surface area contributed by atoms with Crippen molar-refractivity contribution in [2.24, 2.45) is 0 Å². The second kappa shape index (κ2) is 36.1. The second-order valence-corrected chi connectivity index (χ2v) is 14.8. The molecule has 0 radical (unpaired) electrons. The molecule has 0 saturated heterocycles. The molecule has 0 heterocycles. The van der Waals surface area contributed by atoms with Crippen molar-refractivity contribution in [2.75, 3.05) is 11.5 Å². The highest BCUT2D eigenvalue weighted by atomic mass is 32.2. The molecule has 0 aliphatic rings. The van der Waals surface area contributed by atoms with Gasteiger partial charge in [-0.1, -0.05) is 194 Å². The molecule has 0 unspecified atom stereocenters. The quantitative estimate of drug-likeness (QED) is 0.0580. The van der Waals surface area contributed by atoms with Crippen LogP contribution in [0.5, 0.6) is 0 Å². The van der Waals surface area contributed by atoms with E-state index in [9.17, 15) is 19.8 Å². The molecule has 268 valence electrons. The molecule has 0 bridgehead atoms. The minimum atomic E-state index is -0.992. The van der Waals surface area contributed by atoms with Crippen molar-refractivity contribution in [1.29, 1.82) is 0 Å². The number of nitrogens with one attached hydrogen (secondary N) is 1. The van der Waals surface area contributed by atoms with Crippen LogP contribution in [0.4, 0.5) is 0 Å². The summed E-state index contributed by atoms with van der Waals surface area (Å²) < 4.78 is 0. The number of thioether (sulfide) groups is 1. The Kier molecular flexibility index (Phi) is 35.5. The first-order valence-corrected chi connectivity index (χ1v) is 20.9. The number of aliphatic carboxylic acids is 1. The largest absolute Gasteiger partial charge is 0.480 e. The summed E-state index contributed by atoms with van der Waals surface area (Å²) >= 11 is 1.43. The van der Waals surface area contributed by atoms with E-state index in [1.807, 2.05) is 0 Å². The number of carbonyl (C=O) groups excluding carboxylic acids is 1. The van der Waals surface area contributed by atoms with Crippen molar-refractivity contribution >= 4 is 23.6 Å². The van der Waals surface area contributed by atoms with E-state index in [4.69, 9.17) is 0 Å². The van der Waals surface area contributed by atoms with Crippen LogP contribution in [0, 0.1) is 0 Å². The average molecular weight is 656 g/mol. The summed E-state index contributed by atoms with van der Waals surface area (Å²) in [5.41, 5.74) is 0. The maximum atomic E-state index is 12.3. The van der Waals surface area contributed by atoms with Gasteiger partial charge in [0.25, 0.3) is 0 Å². The topological polar surface area (TPSA) is 86.6 Å². The lowest BCUT2D eigenvalue weighted by Crippen LogP contribution is -2.42. The van der Waals surface area contributed by atoms with Gasteiger partial charge in [0.2, 0.25) is 5.91 Å². The Bertz CT molecular complexity index is 632. The third-order valence-electron chi connectivity index (χ3n) is 9.13. The second-order valence-electron chi connectivity index (χ2n) is 13.7. The predicted octanol–water partition coefficient (Wildman–Crippen LogP) is 11.8. The van der Waals surface area contributed by atoms with Crippen LogP contribution in [-0.2, 0) is 9.59 Å². The van der Waals surface area contributed by atoms with E-state index in [1.54, 1.807) is 0 Å². The minimum absolute atomic E-state index is 0.167. The average Bonchev–Trinajstić information content (AvgIpc) is 3.02. The van der Waals surface area contributed by atoms with Crippen molar-refractivity contribution in [3.05, 3.63) is 0 Å². The highest BCUT2D eigenvalue weighted by Gasteiger charge is 2.20. The first kappa shape index (κ1) is 44.2. The SMILES string of the molecule is CCCCCCCCCCCCCCCCCC[C@H](O)CSC[C@H](NC(=O)CCCCCCCCCCCCCCC)C(=O)O. The first-order valence-electron chi connectivity index (χ1n) is 19.8. The van der Waals surface area contributed by atoms with Crippen molar-refractivity contribution in [3.63, 3.8) is 0 Å². The van der Waals surface area contributed by atoms with Crippen LogP contribution in [0.2, 0.25) is 0 Å². The van der Waals surface area contributed by atoms with Crippen LogP contribution in [0.1, 0.15) is 213 Å². The molecule has 0 aromatic heterocycles. The van der Waals surface area contributed by atoms with Crippen LogP contribution in [0.3, 0.4) is 0 Å². The van der Waals surface area contributed by atoms with Crippen LogP contribution in [-0.4, -0.2) is 45.7 Å². The molecule has 2 atom stereocenters. The van der Waals surface area contributed by atoms with E-state index in [-0.39, 0.29) is 5.91 Å². The molecule has 0 aromatic carbocycles. The third kappa shape index (κ3) is 34.4. The maximum absolute atomic E-state index is 12.3. The van der Waals surface area contributed by atoms with Gasteiger partial charge in [0, 0.05) is 17.9 Å². The molecule has 0 aliphatic carbocycles. The van der Waals surface area contributed by atoms with Gasteiger partial charge in [-0.15, -0.1) is 0 Å². The fourth-order valence-electron chi connectivity index (χ4n) is 6.08. The summed E-state index contributed by atoms with van der Waals surface area (Å²) in [4.78, 5) is 23.9. The molecular formula is C39H77NO4S. The summed E-state index contributed by atoms with van der Waals surface area (Å²) in [5, 5.41) is 22.6. The molecule has 6 heteroatoms. The molecular weight excluding hydrogens is 578 g/mol. The fraction of sp³-hybridized carbons (Fsp3) is 0.949. The molecule has 0 saturated carbocycles. The van der Waals surface area contributed by atoms with Crippen molar-refractivity contribution in [1.82, 2.24) is 5.32 Å². The Hall–Kier alpha value is -0.750. The summed E-state index contributed by atoms with van der Waals surface area (Å²) in [6.45, 7) is 4.54. The number of carboxylic acid groups (broad SMARTS) is 1. The van der Waals surface area contributed by atoms with E-state index < -0.39 is 18.1 Å². The Morgan fingerprint density at radius 1 is 0.511 bits per heavy atom. The Morgan fingerprint density at radius 3 is 1.20 bits per heavy atom. The van der Waals surface area contributed by atoms with E-state index in [0.717, 1.165) is 38.5 Å². The summed E-state index contributed by atoms with van der Waals surface area (Å²) in [7, 11) is 0. The van der Waals surface area contributed by atoms with Gasteiger partial charge in [0.1, 0.15) is 6.04 Å². The lowest BCUT2D eigenvalue weighted by atomic mass is 10.0. The number of hydrogen-bond acceptors (Lipinski definition) is 4. The van der Waals surface area contributed by atoms with Crippen molar-refractivity contribution in [2.45, 2.75) is 225 Å². The number of carbonyl (C=O) groups is 2. The molecule has 3 N–H and O–H groups in total. The Labute approximate surface area is 284 Å². The lowest BCUT2D eigenvalue weighted by Gasteiger charge is -2.16. The molecule has 1 amide bonds. The van der Waals surface area contributed by atoms with Gasteiger partial charge in [-0.3, -0.25) is 4.79 Å². The highest BCUT2D eigenvalue weighted by molar-refractivity contribution is 7.99. The number of hydrogen-bond donors (Lipinski definition) is 3. The number of aliphatic hydroxyl groups excluding tert-OH is 1. The van der Waals surface area contributed by atoms with Crippen LogP contribution < -0.4 is 5.32 Å². The summed E-state index contributed by atoms with van der Waals surface area (Å²) in [6, 6.07) is -0.882. The molecule has 45 heavy (non-hydrogen) atoms. The number of rotatable bonds is 37. The monoisotopic (exact) mass is 656 g/mol. The standard InChI is InChI=1S/C39H77NO4S/c1-3-5-7-9-11-13-15-17-18-19-21-22-24-26-28-30-32-36(41)34-45-35-37(39(43)44)40-38(42)33-31-29-27-25-23-20-16-14-12-10-8-6-4-2/h36-37,41H,3-35H2,1-2H3,(H,40,42)(H,43,44)/t36-,37-/m0/s1. The normalized spacial score (nSPS) is 12.8. The Balaban J connectivity index is 3.59. The van der Waals surface area contributed by atoms with Crippen LogP contribution >= 0.6 is 11.8 Å². The number of carboxylic acids is 1. The number of aliphatic hydroxyl groups is 1. The van der Waals surface area contributed by atoms with Gasteiger partial charge in [0.15, 0.2) is 0 Å². The lowest BCUT2D eigenvalue weighted by molar-refractivity contribution is -0.141. The van der Waals surface area contributed by atoms with Gasteiger partial charge in [-0.2, -0.15) is 11.8 Å². The van der Waals surface area contributed by atoms with Crippen molar-refractivity contribution in [3.8, 4) is 0 Å². The van der Waals surface area contributed by atoms with E-state index in [2.05, 4.69) is 19.2 Å². The first-order chi connectivity index (χ1) is 22.0. The highest BCUT2D eigenvalue weighted by Crippen LogP contribution is 2.16. The van der Waals surface area contributed by atoms with Crippen LogP contribution in [0.15, 0.2) is 0 Å². The van der Waals surface area contributed by atoms with E-state index >= 15 is 0 Å². The van der Waals surface area contributed by atoms with E-state index in [0.29, 0.717) is 17.9 Å². The number of amides is 1. The van der Waals surface area contributed by atoms with Crippen molar-refractivity contribution < 1.29 is 19.8 Å². The molecule has 0 aromatic rings. The molecule has 0 spiro atoms. The predicted molar refractivity (Wildman–Crippen MR) is 197 cm³/mol. The van der Waals surface area contributed by atoms with Gasteiger partial charge < -0.3 is 15.5 Å². The van der Waals surface area contributed by atoms with E-state index in [1.165, 1.54) is 166 Å². The molecule has 5 nitrogen and oxygen atoms in total. The Morgan fingerprint density at radius 2 is 0.844 bits per heavy atom. The summed E-state index contributed by atoms with van der Waals surface area (Å²) in [5.74, 6) is -0.333. The minimum Gasteiger partial charge on any atom is -0.480 e. The van der Waals surface area contributed by atoms with Gasteiger partial charge in [-0.05, 0) is 12.8 Å². The fourth-order valence-corrected chi connectivity index (χ4v) is 7.11. The maximum Gasteiger partial charge on any atom is 0.327 e. The number of unbranched alkanes of at least 4 members (excludes halogenated alkanes) is 27. The smallest absolute Gasteiger partial charge is 0.327 e. The molecule has 0 aliphatic heterocycles. The summed E-state index contributed by atoms with van der Waals surface area (Å²) in [6.07, 6.45) is 38.6. The van der Waals surface area contributed by atoms with Crippen LogP contribution in [0.25, 0.3) is 0 Å². The zero-order valence-corrected chi connectivity index (χ0v) is 30.9. The zero-order valence-electron chi connectivity index (χ0n) is 30.1. The van der Waals surface area contributed by atoms with Gasteiger partial charge >= 0.3 is 5.97 Å². The molecule has 0 rings (SSSR count). The van der Waals surface area contributed by atoms with Gasteiger partial charge in [0.05, 0.1) is 6.10 Å².